The monoisotopic (exact) mass is 318 g/mol. The van der Waals surface area contributed by atoms with Crippen molar-refractivity contribution < 1.29 is 17.2 Å². The Kier molecular flexibility index (Phi) is 4.95. The Bertz CT molecular complexity index is 620. The zero-order valence-electron chi connectivity index (χ0n) is 12.0. The first kappa shape index (κ1) is 16.3. The first-order chi connectivity index (χ1) is 9.86. The number of nitrogens with zero attached hydrogens (tertiary/aromatic N) is 1. The van der Waals surface area contributed by atoms with Gasteiger partial charge in [0, 0.05) is 19.6 Å². The van der Waals surface area contributed by atoms with Crippen LogP contribution in [-0.2, 0) is 16.6 Å². The van der Waals surface area contributed by atoms with E-state index in [4.69, 9.17) is 5.73 Å². The van der Waals surface area contributed by atoms with Crippen molar-refractivity contribution in [1.29, 1.82) is 0 Å². The van der Waals surface area contributed by atoms with Crippen molar-refractivity contribution in [2.24, 2.45) is 11.7 Å². The molecule has 0 amide bonds. The Labute approximate surface area is 124 Å². The molecule has 0 aromatic heterocycles. The van der Waals surface area contributed by atoms with Gasteiger partial charge in [0.05, 0.1) is 0 Å². The Morgan fingerprint density at radius 2 is 2.00 bits per heavy atom. The molecule has 2 N–H and O–H groups in total. The van der Waals surface area contributed by atoms with Gasteiger partial charge in [0.1, 0.15) is 4.90 Å². The average Bonchev–Trinajstić information content (AvgIpc) is 2.66. The fourth-order valence-corrected chi connectivity index (χ4v) is 4.16. The topological polar surface area (TPSA) is 63.4 Å². The summed E-state index contributed by atoms with van der Waals surface area (Å²) in [7, 11) is -4.03. The molecule has 0 spiro atoms. The van der Waals surface area contributed by atoms with Gasteiger partial charge in [-0.15, -0.1) is 0 Å². The van der Waals surface area contributed by atoms with E-state index in [9.17, 15) is 17.2 Å². The second kappa shape index (κ2) is 6.37. The van der Waals surface area contributed by atoms with Crippen LogP contribution >= 0.6 is 0 Å². The summed E-state index contributed by atoms with van der Waals surface area (Å²) in [6.07, 6.45) is 2.38. The lowest BCUT2D eigenvalue weighted by Gasteiger charge is -2.21. The van der Waals surface area contributed by atoms with Crippen molar-refractivity contribution in [2.45, 2.75) is 37.6 Å². The molecule has 0 aliphatic carbocycles. The van der Waals surface area contributed by atoms with Gasteiger partial charge in [0.25, 0.3) is 0 Å². The lowest BCUT2D eigenvalue weighted by molar-refractivity contribution is 0.409. The molecule has 1 saturated heterocycles. The van der Waals surface area contributed by atoms with E-state index in [2.05, 4.69) is 6.92 Å². The minimum absolute atomic E-state index is 0.0449. The predicted molar refractivity (Wildman–Crippen MR) is 76.0 cm³/mol. The lowest BCUT2D eigenvalue weighted by atomic mass is 10.0. The Morgan fingerprint density at radius 1 is 1.29 bits per heavy atom. The molecular formula is C14H20F2N2O2S. The van der Waals surface area contributed by atoms with Crippen LogP contribution in [-0.4, -0.2) is 25.8 Å². The molecule has 1 fully saturated rings. The van der Waals surface area contributed by atoms with Crippen LogP contribution in [0.3, 0.4) is 0 Å². The van der Waals surface area contributed by atoms with Crippen molar-refractivity contribution in [1.82, 2.24) is 4.31 Å². The van der Waals surface area contributed by atoms with Gasteiger partial charge >= 0.3 is 0 Å². The third kappa shape index (κ3) is 3.41. The van der Waals surface area contributed by atoms with E-state index in [0.717, 1.165) is 31.4 Å². The number of hydrogen-bond donors (Lipinski definition) is 1. The first-order valence-corrected chi connectivity index (χ1v) is 8.48. The fraction of sp³-hybridized carbons (Fsp3) is 0.571. The van der Waals surface area contributed by atoms with E-state index >= 15 is 0 Å². The lowest BCUT2D eigenvalue weighted by Crippen LogP contribution is -2.33. The molecule has 4 nitrogen and oxygen atoms in total. The van der Waals surface area contributed by atoms with Crippen molar-refractivity contribution in [2.75, 3.05) is 13.1 Å². The van der Waals surface area contributed by atoms with Crippen molar-refractivity contribution in [3.63, 3.8) is 0 Å². The number of nitrogens with two attached hydrogens (primary N) is 1. The van der Waals surface area contributed by atoms with E-state index < -0.39 is 26.6 Å². The molecule has 7 heteroatoms. The molecule has 118 valence electrons. The number of benzene rings is 1. The van der Waals surface area contributed by atoms with E-state index in [1.54, 1.807) is 0 Å². The second-order valence-electron chi connectivity index (χ2n) is 5.53. The molecule has 0 radical (unpaired) electrons. The van der Waals surface area contributed by atoms with Crippen molar-refractivity contribution in [3.8, 4) is 0 Å². The molecule has 1 aromatic carbocycles. The largest absolute Gasteiger partial charge is 0.326 e. The van der Waals surface area contributed by atoms with Crippen LogP contribution in [0.5, 0.6) is 0 Å². The quantitative estimate of drug-likeness (QED) is 0.929. The van der Waals surface area contributed by atoms with Gasteiger partial charge in [-0.3, -0.25) is 0 Å². The minimum atomic E-state index is -4.03. The van der Waals surface area contributed by atoms with Crippen LogP contribution in [0.2, 0.25) is 0 Å². The molecule has 2 rings (SSSR count). The van der Waals surface area contributed by atoms with Crippen LogP contribution < -0.4 is 5.73 Å². The number of rotatable bonds is 3. The molecule has 1 heterocycles. The number of halogens is 2. The zero-order valence-corrected chi connectivity index (χ0v) is 12.8. The Balaban J connectivity index is 2.41. The van der Waals surface area contributed by atoms with Crippen LogP contribution in [0.1, 0.15) is 31.7 Å². The summed E-state index contributed by atoms with van der Waals surface area (Å²) in [5.41, 5.74) is 5.66. The smallest absolute Gasteiger partial charge is 0.246 e. The normalized spacial score (nSPS) is 21.2. The molecule has 1 aromatic rings. The van der Waals surface area contributed by atoms with Gasteiger partial charge < -0.3 is 5.73 Å². The molecule has 0 bridgehead atoms. The van der Waals surface area contributed by atoms with E-state index in [0.29, 0.717) is 19.0 Å². The molecule has 0 saturated carbocycles. The summed E-state index contributed by atoms with van der Waals surface area (Å²) in [4.78, 5) is -0.613. The maximum atomic E-state index is 13.9. The maximum absolute atomic E-state index is 13.9. The van der Waals surface area contributed by atoms with E-state index in [1.165, 1.54) is 4.31 Å². The van der Waals surface area contributed by atoms with Crippen molar-refractivity contribution in [3.05, 3.63) is 29.3 Å². The first-order valence-electron chi connectivity index (χ1n) is 7.04. The van der Waals surface area contributed by atoms with Crippen LogP contribution in [0.15, 0.2) is 17.0 Å². The highest BCUT2D eigenvalue weighted by Crippen LogP contribution is 2.26. The summed E-state index contributed by atoms with van der Waals surface area (Å²) in [6, 6.07) is 2.06. The summed E-state index contributed by atoms with van der Waals surface area (Å²) < 4.78 is 53.9. The zero-order chi connectivity index (χ0) is 15.6. The standard InChI is InChI=1S/C14H20F2N2O2S/c1-10-3-2-5-18(6-4-10)21(19,20)13-8-11(9-17)7-12(15)14(13)16/h7-8,10H,2-6,9,17H2,1H3. The number of hydrogen-bond acceptors (Lipinski definition) is 3. The molecule has 1 aliphatic heterocycles. The molecule has 21 heavy (non-hydrogen) atoms. The van der Waals surface area contributed by atoms with Gasteiger partial charge in [-0.25, -0.2) is 17.2 Å². The molecule has 1 atom stereocenters. The molecule has 1 aliphatic rings. The highest BCUT2D eigenvalue weighted by Gasteiger charge is 2.30. The Hall–Kier alpha value is -1.05. The average molecular weight is 318 g/mol. The third-order valence-corrected chi connectivity index (χ3v) is 5.78. The van der Waals surface area contributed by atoms with Crippen LogP contribution in [0, 0.1) is 17.6 Å². The third-order valence-electron chi connectivity index (χ3n) is 3.88. The SMILES string of the molecule is CC1CCCN(S(=O)(=O)c2cc(CN)cc(F)c2F)CC1. The fourth-order valence-electron chi connectivity index (χ4n) is 2.54. The maximum Gasteiger partial charge on any atom is 0.246 e. The summed E-state index contributed by atoms with van der Waals surface area (Å²) in [5, 5.41) is 0. The van der Waals surface area contributed by atoms with Gasteiger partial charge in [-0.05, 0) is 42.9 Å². The van der Waals surface area contributed by atoms with Gasteiger partial charge in [0.15, 0.2) is 11.6 Å². The molecule has 1 unspecified atom stereocenters. The van der Waals surface area contributed by atoms with E-state index in [1.807, 2.05) is 0 Å². The van der Waals surface area contributed by atoms with Crippen LogP contribution in [0.4, 0.5) is 8.78 Å². The van der Waals surface area contributed by atoms with E-state index in [-0.39, 0.29) is 12.1 Å². The summed E-state index contributed by atoms with van der Waals surface area (Å²) in [5.74, 6) is -2.08. The van der Waals surface area contributed by atoms with Crippen LogP contribution in [0.25, 0.3) is 0 Å². The highest BCUT2D eigenvalue weighted by atomic mass is 32.2. The van der Waals surface area contributed by atoms with Crippen molar-refractivity contribution >= 4 is 10.0 Å². The van der Waals surface area contributed by atoms with Gasteiger partial charge in [-0.1, -0.05) is 6.92 Å². The minimum Gasteiger partial charge on any atom is -0.326 e. The Morgan fingerprint density at radius 3 is 2.67 bits per heavy atom. The number of sulfonamides is 1. The van der Waals surface area contributed by atoms with Gasteiger partial charge in [-0.2, -0.15) is 4.31 Å². The predicted octanol–water partition coefficient (Wildman–Crippen LogP) is 2.23. The second-order valence-corrected chi connectivity index (χ2v) is 7.44. The highest BCUT2D eigenvalue weighted by molar-refractivity contribution is 7.89. The van der Waals surface area contributed by atoms with Gasteiger partial charge in [0.2, 0.25) is 10.0 Å². The molecular weight excluding hydrogens is 298 g/mol. The summed E-state index contributed by atoms with van der Waals surface area (Å²) in [6.45, 7) is 2.68. The summed E-state index contributed by atoms with van der Waals surface area (Å²) >= 11 is 0.